The maximum atomic E-state index is 12.5. The average Bonchev–Trinajstić information content (AvgIpc) is 2.88. The molecule has 0 aromatic carbocycles. The van der Waals surface area contributed by atoms with E-state index in [-0.39, 0.29) is 12.2 Å². The lowest BCUT2D eigenvalue weighted by molar-refractivity contribution is -0.131. The largest absolute Gasteiger partial charge is 0.325 e. The molecule has 2 aliphatic rings. The second-order valence-electron chi connectivity index (χ2n) is 6.30. The van der Waals surface area contributed by atoms with Crippen LogP contribution in [-0.2, 0) is 4.79 Å². The summed E-state index contributed by atoms with van der Waals surface area (Å²) in [5.74, 6) is 4.36. The number of carbonyl (C=O) groups excluding carboxylic acids is 1. The molecule has 0 aromatic heterocycles. The first-order valence-corrected chi connectivity index (χ1v) is 8.30. The Hall–Kier alpha value is -0.220. The summed E-state index contributed by atoms with van der Waals surface area (Å²) in [6.07, 6.45) is 1.50. The number of hydrogen-bond acceptors (Lipinski definition) is 3. The molecule has 104 valence electrons. The van der Waals surface area contributed by atoms with Crippen molar-refractivity contribution < 1.29 is 4.79 Å². The van der Waals surface area contributed by atoms with E-state index in [0.717, 1.165) is 6.54 Å². The van der Waals surface area contributed by atoms with Crippen molar-refractivity contribution >= 4 is 17.7 Å². The fourth-order valence-corrected chi connectivity index (χ4v) is 4.17. The Bertz CT molecular complexity index is 300. The summed E-state index contributed by atoms with van der Waals surface area (Å²) in [7, 11) is 0. The maximum Gasteiger partial charge on any atom is 0.241 e. The Morgan fingerprint density at radius 3 is 2.56 bits per heavy atom. The zero-order chi connectivity index (χ0) is 13.3. The predicted octanol–water partition coefficient (Wildman–Crippen LogP) is 2.18. The van der Waals surface area contributed by atoms with E-state index in [0.29, 0.717) is 23.7 Å². The smallest absolute Gasteiger partial charge is 0.241 e. The molecule has 4 heteroatoms. The number of carbonyl (C=O) groups is 1. The highest BCUT2D eigenvalue weighted by Crippen LogP contribution is 2.28. The number of rotatable bonds is 4. The highest BCUT2D eigenvalue weighted by molar-refractivity contribution is 7.99. The molecule has 3 atom stereocenters. The van der Waals surface area contributed by atoms with Gasteiger partial charge in [0.15, 0.2) is 0 Å². The van der Waals surface area contributed by atoms with Crippen LogP contribution in [0.15, 0.2) is 0 Å². The number of thioether (sulfide) groups is 1. The van der Waals surface area contributed by atoms with E-state index in [4.69, 9.17) is 0 Å². The highest BCUT2D eigenvalue weighted by Gasteiger charge is 2.42. The summed E-state index contributed by atoms with van der Waals surface area (Å²) in [4.78, 5) is 14.6. The van der Waals surface area contributed by atoms with Crippen LogP contribution in [0.25, 0.3) is 0 Å². The monoisotopic (exact) mass is 270 g/mol. The van der Waals surface area contributed by atoms with Gasteiger partial charge in [-0.3, -0.25) is 10.1 Å². The van der Waals surface area contributed by atoms with E-state index < -0.39 is 0 Å². The normalized spacial score (nSPS) is 33.1. The first-order chi connectivity index (χ1) is 8.50. The molecular weight excluding hydrogens is 244 g/mol. The Morgan fingerprint density at radius 2 is 2.06 bits per heavy atom. The molecule has 0 saturated carbocycles. The SMILES string of the molecule is CC(C)C1NC(C(C)C)N(CC2CCSC2)C1=O. The zero-order valence-electron chi connectivity index (χ0n) is 12.0. The van der Waals surface area contributed by atoms with Crippen molar-refractivity contribution in [3.63, 3.8) is 0 Å². The minimum absolute atomic E-state index is 0.0199. The van der Waals surface area contributed by atoms with Gasteiger partial charge in [0.2, 0.25) is 5.91 Å². The van der Waals surface area contributed by atoms with Gasteiger partial charge >= 0.3 is 0 Å². The van der Waals surface area contributed by atoms with Crippen molar-refractivity contribution in [2.75, 3.05) is 18.1 Å². The first-order valence-electron chi connectivity index (χ1n) is 7.15. The molecule has 1 amide bonds. The van der Waals surface area contributed by atoms with Gasteiger partial charge in [0.05, 0.1) is 12.2 Å². The van der Waals surface area contributed by atoms with Crippen LogP contribution in [0.1, 0.15) is 34.1 Å². The molecule has 1 N–H and O–H groups in total. The molecule has 0 bridgehead atoms. The van der Waals surface area contributed by atoms with Crippen molar-refractivity contribution in [3.8, 4) is 0 Å². The van der Waals surface area contributed by atoms with Gasteiger partial charge in [-0.1, -0.05) is 27.7 Å². The molecule has 3 unspecified atom stereocenters. The lowest BCUT2D eigenvalue weighted by Crippen LogP contribution is -2.43. The quantitative estimate of drug-likeness (QED) is 0.850. The van der Waals surface area contributed by atoms with E-state index >= 15 is 0 Å². The van der Waals surface area contributed by atoms with Crippen LogP contribution in [0.2, 0.25) is 0 Å². The molecule has 2 saturated heterocycles. The molecule has 0 spiro atoms. The van der Waals surface area contributed by atoms with Crippen molar-refractivity contribution in [1.29, 1.82) is 0 Å². The number of hydrogen-bond donors (Lipinski definition) is 1. The van der Waals surface area contributed by atoms with E-state index in [1.807, 2.05) is 11.8 Å². The summed E-state index contributed by atoms with van der Waals surface area (Å²) in [6.45, 7) is 9.60. The maximum absolute atomic E-state index is 12.5. The van der Waals surface area contributed by atoms with Gasteiger partial charge in [-0.15, -0.1) is 0 Å². The van der Waals surface area contributed by atoms with Gasteiger partial charge in [0, 0.05) is 6.54 Å². The molecular formula is C14H26N2OS. The van der Waals surface area contributed by atoms with Crippen LogP contribution < -0.4 is 5.32 Å². The third kappa shape index (κ3) is 2.85. The molecule has 0 aliphatic carbocycles. The number of nitrogens with one attached hydrogen (secondary N) is 1. The summed E-state index contributed by atoms with van der Waals surface area (Å²) in [5, 5.41) is 3.53. The standard InChI is InChI=1S/C14H26N2OS/c1-9(2)12-14(17)16(13(15-12)10(3)4)7-11-5-6-18-8-11/h9-13,15H,5-8H2,1-4H3. The summed E-state index contributed by atoms with van der Waals surface area (Å²) < 4.78 is 0. The molecule has 2 fully saturated rings. The molecule has 0 aromatic rings. The third-order valence-electron chi connectivity index (χ3n) is 4.01. The number of amides is 1. The first kappa shape index (κ1) is 14.2. The molecule has 3 nitrogen and oxygen atoms in total. The summed E-state index contributed by atoms with van der Waals surface area (Å²) >= 11 is 2.03. The fraction of sp³-hybridized carbons (Fsp3) is 0.929. The van der Waals surface area contributed by atoms with E-state index in [1.54, 1.807) is 0 Å². The van der Waals surface area contributed by atoms with Crippen LogP contribution in [0, 0.1) is 17.8 Å². The Labute approximate surface area is 115 Å². The van der Waals surface area contributed by atoms with Gasteiger partial charge in [0.25, 0.3) is 0 Å². The van der Waals surface area contributed by atoms with Crippen LogP contribution in [0.4, 0.5) is 0 Å². The van der Waals surface area contributed by atoms with Gasteiger partial charge in [0.1, 0.15) is 0 Å². The van der Waals surface area contributed by atoms with Crippen molar-refractivity contribution in [2.24, 2.45) is 17.8 Å². The lowest BCUT2D eigenvalue weighted by Gasteiger charge is -2.29. The Morgan fingerprint density at radius 1 is 1.33 bits per heavy atom. The van der Waals surface area contributed by atoms with Gasteiger partial charge in [-0.05, 0) is 35.7 Å². The topological polar surface area (TPSA) is 32.3 Å². The summed E-state index contributed by atoms with van der Waals surface area (Å²) in [6, 6.07) is 0.0199. The van der Waals surface area contributed by atoms with Gasteiger partial charge in [-0.2, -0.15) is 11.8 Å². The molecule has 18 heavy (non-hydrogen) atoms. The minimum atomic E-state index is 0.0199. The minimum Gasteiger partial charge on any atom is -0.325 e. The summed E-state index contributed by atoms with van der Waals surface area (Å²) in [5.41, 5.74) is 0. The second kappa shape index (κ2) is 5.83. The van der Waals surface area contributed by atoms with Crippen molar-refractivity contribution in [1.82, 2.24) is 10.2 Å². The lowest BCUT2D eigenvalue weighted by atomic mass is 10.0. The highest BCUT2D eigenvalue weighted by atomic mass is 32.2. The fourth-order valence-electron chi connectivity index (χ4n) is 2.90. The van der Waals surface area contributed by atoms with Gasteiger partial charge in [-0.25, -0.2) is 0 Å². The Balaban J connectivity index is 2.06. The Kier molecular flexibility index (Phi) is 4.59. The number of nitrogens with zero attached hydrogens (tertiary/aromatic N) is 1. The van der Waals surface area contributed by atoms with E-state index in [1.165, 1.54) is 17.9 Å². The van der Waals surface area contributed by atoms with Crippen LogP contribution >= 0.6 is 11.8 Å². The molecule has 2 rings (SSSR count). The van der Waals surface area contributed by atoms with Crippen molar-refractivity contribution in [2.45, 2.75) is 46.3 Å². The third-order valence-corrected chi connectivity index (χ3v) is 5.24. The average molecular weight is 270 g/mol. The van der Waals surface area contributed by atoms with Crippen molar-refractivity contribution in [3.05, 3.63) is 0 Å². The van der Waals surface area contributed by atoms with Crippen LogP contribution in [0.3, 0.4) is 0 Å². The predicted molar refractivity (Wildman–Crippen MR) is 77.5 cm³/mol. The van der Waals surface area contributed by atoms with E-state index in [2.05, 4.69) is 37.9 Å². The zero-order valence-corrected chi connectivity index (χ0v) is 12.8. The van der Waals surface area contributed by atoms with Crippen LogP contribution in [-0.4, -0.2) is 41.1 Å². The van der Waals surface area contributed by atoms with Gasteiger partial charge < -0.3 is 4.90 Å². The second-order valence-corrected chi connectivity index (χ2v) is 7.45. The molecule has 2 aliphatic heterocycles. The molecule has 2 heterocycles. The van der Waals surface area contributed by atoms with E-state index in [9.17, 15) is 4.79 Å². The van der Waals surface area contributed by atoms with Crippen LogP contribution in [0.5, 0.6) is 0 Å². The molecule has 0 radical (unpaired) electrons.